The number of carbonyl (C=O) groups is 1. The zero-order valence-corrected chi connectivity index (χ0v) is 26.4. The van der Waals surface area contributed by atoms with E-state index < -0.39 is 43.2 Å². The highest BCUT2D eigenvalue weighted by molar-refractivity contribution is 7.92. The highest BCUT2D eigenvalue weighted by atomic mass is 32.2. The van der Waals surface area contributed by atoms with Crippen molar-refractivity contribution < 1.29 is 40.9 Å². The number of sulfone groups is 1. The number of piperidine rings is 1. The van der Waals surface area contributed by atoms with Gasteiger partial charge in [-0.15, -0.1) is 0 Å². The highest BCUT2D eigenvalue weighted by Crippen LogP contribution is 2.40. The first-order chi connectivity index (χ1) is 20.8. The molecule has 0 radical (unpaired) electrons. The zero-order valence-electron chi connectivity index (χ0n) is 24.8. The summed E-state index contributed by atoms with van der Waals surface area (Å²) in [4.78, 5) is 17.4. The van der Waals surface area contributed by atoms with Gasteiger partial charge in [-0.25, -0.2) is 21.8 Å². The van der Waals surface area contributed by atoms with E-state index in [-0.39, 0.29) is 34.7 Å². The van der Waals surface area contributed by atoms with Gasteiger partial charge in [0.15, 0.2) is 9.84 Å². The molecule has 3 aliphatic heterocycles. The van der Waals surface area contributed by atoms with E-state index >= 15 is 0 Å². The van der Waals surface area contributed by atoms with Crippen molar-refractivity contribution in [1.29, 1.82) is 0 Å². The zero-order chi connectivity index (χ0) is 31.7. The van der Waals surface area contributed by atoms with Gasteiger partial charge in [0.05, 0.1) is 29.8 Å². The maximum atomic E-state index is 13.6. The summed E-state index contributed by atoms with van der Waals surface area (Å²) in [6.45, 7) is 4.15. The Morgan fingerprint density at radius 1 is 1.25 bits per heavy atom. The third-order valence-corrected chi connectivity index (χ3v) is 12.0. The standard InChI is InChI=1S/C28H39N5O9S2/c1-19-24(15-31-27-26(19)32(2)10-11-40-27)44(38,39)33-8-6-28(7-9-33)13-20(16-42-28)30-14-21(34)17-41-22-4-3-5-23(12-22)43(36,37)18-25(29)35/h3-5,12,15,20-21,30,34H,6-11,13-14,16-18H2,1-2H3,(H2,29,35). The lowest BCUT2D eigenvalue weighted by Gasteiger charge is -2.38. The van der Waals surface area contributed by atoms with E-state index in [0.717, 1.165) is 0 Å². The van der Waals surface area contributed by atoms with Crippen molar-refractivity contribution in [3.05, 3.63) is 36.0 Å². The SMILES string of the molecule is Cc1c(S(=O)(=O)N2CCC3(CC2)CC(NCC(O)COc2cccc(S(=O)(=O)CC(N)=O)c2)CO3)cnc2c1N(C)CCO2. The third-order valence-electron chi connectivity index (χ3n) is 8.32. The fourth-order valence-electron chi connectivity index (χ4n) is 5.94. The van der Waals surface area contributed by atoms with Gasteiger partial charge in [0.1, 0.15) is 41.4 Å². The number of hydrogen-bond acceptors (Lipinski definition) is 12. The molecule has 5 rings (SSSR count). The van der Waals surface area contributed by atoms with E-state index in [1.807, 2.05) is 11.9 Å². The van der Waals surface area contributed by atoms with Crippen LogP contribution in [-0.2, 0) is 29.4 Å². The average molecular weight is 654 g/mol. The van der Waals surface area contributed by atoms with Crippen LogP contribution in [-0.4, -0.2) is 114 Å². The molecule has 4 heterocycles. The van der Waals surface area contributed by atoms with Crippen LogP contribution in [0.1, 0.15) is 24.8 Å². The molecule has 16 heteroatoms. The average Bonchev–Trinajstić information content (AvgIpc) is 3.36. The number of hydrogen-bond donors (Lipinski definition) is 3. The number of ether oxygens (including phenoxy) is 3. The Bertz CT molecular complexity index is 1590. The molecule has 2 fully saturated rings. The molecule has 0 bridgehead atoms. The van der Waals surface area contributed by atoms with Crippen LogP contribution in [0.2, 0.25) is 0 Å². The number of aliphatic hydroxyl groups is 1. The number of likely N-dealkylation sites (N-methyl/N-ethyl adjacent to an activating group) is 1. The molecule has 2 saturated heterocycles. The Kier molecular flexibility index (Phi) is 9.39. The highest BCUT2D eigenvalue weighted by Gasteiger charge is 2.45. The Morgan fingerprint density at radius 3 is 2.73 bits per heavy atom. The number of pyridine rings is 1. The number of sulfonamides is 1. The van der Waals surface area contributed by atoms with Crippen LogP contribution in [0.25, 0.3) is 0 Å². The summed E-state index contributed by atoms with van der Waals surface area (Å²) in [5, 5.41) is 13.8. The summed E-state index contributed by atoms with van der Waals surface area (Å²) in [7, 11) is -5.74. The molecule has 2 unspecified atom stereocenters. The molecule has 0 aliphatic carbocycles. The van der Waals surface area contributed by atoms with Gasteiger partial charge >= 0.3 is 0 Å². The molecule has 3 aliphatic rings. The third kappa shape index (κ3) is 6.94. The van der Waals surface area contributed by atoms with Crippen LogP contribution in [0, 0.1) is 6.92 Å². The second kappa shape index (κ2) is 12.8. The monoisotopic (exact) mass is 653 g/mol. The van der Waals surface area contributed by atoms with Crippen LogP contribution in [0.4, 0.5) is 5.69 Å². The number of benzene rings is 1. The van der Waals surface area contributed by atoms with Gasteiger partial charge in [-0.1, -0.05) is 6.07 Å². The predicted molar refractivity (Wildman–Crippen MR) is 160 cm³/mol. The van der Waals surface area contributed by atoms with Crippen molar-refractivity contribution in [1.82, 2.24) is 14.6 Å². The first kappa shape index (κ1) is 32.4. The molecule has 14 nitrogen and oxygen atoms in total. The normalized spacial score (nSPS) is 21.1. The number of aliphatic hydroxyl groups excluding tert-OH is 1. The molecule has 1 aromatic heterocycles. The number of nitrogens with two attached hydrogens (primary N) is 1. The van der Waals surface area contributed by atoms with Crippen molar-refractivity contribution in [2.75, 3.05) is 63.7 Å². The van der Waals surface area contributed by atoms with Gasteiger partial charge in [-0.05, 0) is 49.9 Å². The quantitative estimate of drug-likeness (QED) is 0.290. The van der Waals surface area contributed by atoms with Crippen LogP contribution in [0.3, 0.4) is 0 Å². The molecule has 2 atom stereocenters. The fourth-order valence-corrected chi connectivity index (χ4v) is 8.67. The molecule has 1 spiro atoms. The molecule has 44 heavy (non-hydrogen) atoms. The van der Waals surface area contributed by atoms with E-state index in [1.54, 1.807) is 13.0 Å². The molecule has 242 valence electrons. The minimum atomic E-state index is -3.88. The first-order valence-corrected chi connectivity index (χ1v) is 17.5. The largest absolute Gasteiger partial charge is 0.491 e. The maximum absolute atomic E-state index is 13.6. The number of rotatable bonds is 11. The molecule has 1 amide bonds. The van der Waals surface area contributed by atoms with E-state index in [1.165, 1.54) is 28.7 Å². The van der Waals surface area contributed by atoms with Gasteiger partial charge in [0, 0.05) is 32.7 Å². The molecule has 0 saturated carbocycles. The number of amides is 1. The Balaban J connectivity index is 1.10. The molecule has 1 aromatic carbocycles. The van der Waals surface area contributed by atoms with Gasteiger partial charge in [0.25, 0.3) is 0 Å². The summed E-state index contributed by atoms with van der Waals surface area (Å²) in [6.07, 6.45) is 2.27. The number of anilines is 1. The minimum Gasteiger partial charge on any atom is -0.491 e. The second-order valence-electron chi connectivity index (χ2n) is 11.5. The summed E-state index contributed by atoms with van der Waals surface area (Å²) in [5.74, 6) is -1.07. The van der Waals surface area contributed by atoms with Crippen molar-refractivity contribution in [3.8, 4) is 11.6 Å². The number of fused-ring (bicyclic) bond motifs is 1. The van der Waals surface area contributed by atoms with Crippen molar-refractivity contribution in [2.45, 2.75) is 53.7 Å². The first-order valence-electron chi connectivity index (χ1n) is 14.4. The molecular weight excluding hydrogens is 614 g/mol. The van der Waals surface area contributed by atoms with Crippen LogP contribution >= 0.6 is 0 Å². The lowest BCUT2D eigenvalue weighted by molar-refractivity contribution is -0.115. The van der Waals surface area contributed by atoms with Gasteiger partial charge in [0.2, 0.25) is 21.8 Å². The number of nitrogens with zero attached hydrogens (tertiary/aromatic N) is 3. The van der Waals surface area contributed by atoms with Crippen molar-refractivity contribution in [3.63, 3.8) is 0 Å². The smallest absolute Gasteiger partial charge is 0.244 e. The van der Waals surface area contributed by atoms with E-state index in [2.05, 4.69) is 10.3 Å². The molecule has 2 aromatic rings. The molecular formula is C28H39N5O9S2. The fraction of sp³-hybridized carbons (Fsp3) is 0.571. The lowest BCUT2D eigenvalue weighted by atomic mass is 9.88. The van der Waals surface area contributed by atoms with Gasteiger partial charge in [-0.2, -0.15) is 4.31 Å². The predicted octanol–water partition coefficient (Wildman–Crippen LogP) is -0.181. The Hall–Kier alpha value is -3.02. The summed E-state index contributed by atoms with van der Waals surface area (Å²) in [6, 6.07) is 5.64. The second-order valence-corrected chi connectivity index (χ2v) is 15.4. The maximum Gasteiger partial charge on any atom is 0.244 e. The number of primary amides is 1. The van der Waals surface area contributed by atoms with E-state index in [9.17, 15) is 26.7 Å². The van der Waals surface area contributed by atoms with Crippen molar-refractivity contribution in [2.24, 2.45) is 5.73 Å². The van der Waals surface area contributed by atoms with Crippen LogP contribution in [0.15, 0.2) is 40.3 Å². The van der Waals surface area contributed by atoms with Gasteiger partial charge in [-0.3, -0.25) is 4.79 Å². The van der Waals surface area contributed by atoms with Crippen LogP contribution < -0.4 is 25.4 Å². The topological polar surface area (TPSA) is 191 Å². The number of carbonyl (C=O) groups excluding carboxylic acids is 1. The van der Waals surface area contributed by atoms with Gasteiger partial charge < -0.3 is 35.3 Å². The Labute approximate surface area is 257 Å². The summed E-state index contributed by atoms with van der Waals surface area (Å²) in [5.41, 5.74) is 5.91. The molecule has 4 N–H and O–H groups in total. The number of aromatic nitrogens is 1. The van der Waals surface area contributed by atoms with E-state index in [4.69, 9.17) is 19.9 Å². The minimum absolute atomic E-state index is 0.0299. The summed E-state index contributed by atoms with van der Waals surface area (Å²) >= 11 is 0. The van der Waals surface area contributed by atoms with Crippen molar-refractivity contribution >= 4 is 31.5 Å². The summed E-state index contributed by atoms with van der Waals surface area (Å²) < 4.78 is 70.6. The van der Waals surface area contributed by atoms with E-state index in [0.29, 0.717) is 69.2 Å². The lowest BCUT2D eigenvalue weighted by Crippen LogP contribution is -2.47. The Morgan fingerprint density at radius 2 is 2.00 bits per heavy atom. The van der Waals surface area contributed by atoms with Crippen LogP contribution in [0.5, 0.6) is 11.6 Å². The number of nitrogens with one attached hydrogen (secondary N) is 1.